The zero-order valence-electron chi connectivity index (χ0n) is 12.1. The van der Waals surface area contributed by atoms with Gasteiger partial charge in [0.15, 0.2) is 5.96 Å². The van der Waals surface area contributed by atoms with Crippen molar-refractivity contribution in [3.05, 3.63) is 72.7 Å². The maximum absolute atomic E-state index is 5.31. The maximum Gasteiger partial charge on any atom is 0.191 e. The Kier molecular flexibility index (Phi) is 6.13. The maximum atomic E-state index is 5.31. The molecule has 4 nitrogen and oxygen atoms in total. The van der Waals surface area contributed by atoms with Crippen molar-refractivity contribution in [3.63, 3.8) is 0 Å². The van der Waals surface area contributed by atoms with Crippen LogP contribution in [0.5, 0.6) is 0 Å². The van der Waals surface area contributed by atoms with Crippen LogP contribution in [0.15, 0.2) is 70.8 Å². The second-order valence-electron chi connectivity index (χ2n) is 4.58. The fraction of sp³-hybridized carbons (Fsp3) is 0.235. The second kappa shape index (κ2) is 8.64. The highest BCUT2D eigenvalue weighted by Crippen LogP contribution is 2.01. The van der Waals surface area contributed by atoms with Crippen molar-refractivity contribution < 1.29 is 4.42 Å². The SMILES string of the molecule is C=CCNC(=NCc1ccccc1)NCCc1ccco1. The molecule has 0 saturated carbocycles. The molecule has 2 aromatic rings. The van der Waals surface area contributed by atoms with Crippen LogP contribution in [-0.4, -0.2) is 19.0 Å². The summed E-state index contributed by atoms with van der Waals surface area (Å²) in [6.07, 6.45) is 4.33. The molecule has 1 aromatic heterocycles. The highest BCUT2D eigenvalue weighted by Gasteiger charge is 1.99. The van der Waals surface area contributed by atoms with Gasteiger partial charge in [0.25, 0.3) is 0 Å². The van der Waals surface area contributed by atoms with E-state index in [0.29, 0.717) is 13.1 Å². The lowest BCUT2D eigenvalue weighted by Gasteiger charge is -2.10. The van der Waals surface area contributed by atoms with E-state index in [1.807, 2.05) is 36.4 Å². The number of aliphatic imine (C=N–C) groups is 1. The van der Waals surface area contributed by atoms with Gasteiger partial charge in [0.1, 0.15) is 5.76 Å². The molecule has 0 aliphatic carbocycles. The Bertz CT molecular complexity index is 547. The first-order valence-electron chi connectivity index (χ1n) is 7.08. The molecule has 2 N–H and O–H groups in total. The van der Waals surface area contributed by atoms with Crippen molar-refractivity contribution in [2.75, 3.05) is 13.1 Å². The van der Waals surface area contributed by atoms with E-state index in [2.05, 4.69) is 34.3 Å². The van der Waals surface area contributed by atoms with Crippen molar-refractivity contribution in [1.82, 2.24) is 10.6 Å². The van der Waals surface area contributed by atoms with Crippen molar-refractivity contribution >= 4 is 5.96 Å². The summed E-state index contributed by atoms with van der Waals surface area (Å²) in [6, 6.07) is 14.0. The largest absolute Gasteiger partial charge is 0.469 e. The van der Waals surface area contributed by atoms with E-state index >= 15 is 0 Å². The van der Waals surface area contributed by atoms with E-state index in [4.69, 9.17) is 4.42 Å². The third kappa shape index (κ3) is 5.57. The highest BCUT2D eigenvalue weighted by atomic mass is 16.3. The fourth-order valence-electron chi connectivity index (χ4n) is 1.86. The first-order chi connectivity index (χ1) is 10.4. The van der Waals surface area contributed by atoms with Crippen LogP contribution in [-0.2, 0) is 13.0 Å². The van der Waals surface area contributed by atoms with Gasteiger partial charge >= 0.3 is 0 Å². The molecule has 0 atom stereocenters. The van der Waals surface area contributed by atoms with E-state index < -0.39 is 0 Å². The zero-order chi connectivity index (χ0) is 14.8. The van der Waals surface area contributed by atoms with Crippen LogP contribution in [0, 0.1) is 0 Å². The Morgan fingerprint density at radius 2 is 2.00 bits per heavy atom. The third-order valence-electron chi connectivity index (χ3n) is 2.92. The number of furan rings is 1. The average molecular weight is 283 g/mol. The minimum atomic E-state index is 0.647. The molecule has 1 heterocycles. The quantitative estimate of drug-likeness (QED) is 0.467. The normalized spacial score (nSPS) is 11.1. The van der Waals surface area contributed by atoms with Gasteiger partial charge in [-0.3, -0.25) is 0 Å². The van der Waals surface area contributed by atoms with Gasteiger partial charge < -0.3 is 15.1 Å². The molecule has 110 valence electrons. The van der Waals surface area contributed by atoms with Gasteiger partial charge in [-0.2, -0.15) is 0 Å². The Morgan fingerprint density at radius 3 is 2.71 bits per heavy atom. The number of hydrogen-bond donors (Lipinski definition) is 2. The first kappa shape index (κ1) is 14.9. The molecule has 0 bridgehead atoms. The first-order valence-corrected chi connectivity index (χ1v) is 7.08. The molecule has 0 unspecified atom stereocenters. The summed E-state index contributed by atoms with van der Waals surface area (Å²) in [5, 5.41) is 6.50. The smallest absolute Gasteiger partial charge is 0.191 e. The van der Waals surface area contributed by atoms with Gasteiger partial charge in [-0.1, -0.05) is 36.4 Å². The van der Waals surface area contributed by atoms with E-state index in [9.17, 15) is 0 Å². The number of guanidine groups is 1. The lowest BCUT2D eigenvalue weighted by atomic mass is 10.2. The Labute approximate surface area is 125 Å². The average Bonchev–Trinajstić information content (AvgIpc) is 3.04. The Balaban J connectivity index is 1.85. The van der Waals surface area contributed by atoms with Gasteiger partial charge in [-0.05, 0) is 17.7 Å². The second-order valence-corrected chi connectivity index (χ2v) is 4.58. The number of nitrogens with zero attached hydrogens (tertiary/aromatic N) is 1. The summed E-state index contributed by atoms with van der Waals surface area (Å²) in [5.74, 6) is 1.75. The standard InChI is InChI=1S/C17H21N3O/c1-2-11-18-17(19-12-10-16-9-6-13-21-16)20-14-15-7-4-3-5-8-15/h2-9,13H,1,10-12,14H2,(H2,18,19,20). The predicted octanol–water partition coefficient (Wildman–Crippen LogP) is 2.74. The molecule has 0 amide bonds. The van der Waals surface area contributed by atoms with E-state index in [-0.39, 0.29) is 0 Å². The zero-order valence-corrected chi connectivity index (χ0v) is 12.1. The summed E-state index contributed by atoms with van der Waals surface area (Å²) in [4.78, 5) is 4.57. The third-order valence-corrected chi connectivity index (χ3v) is 2.92. The summed E-state index contributed by atoms with van der Waals surface area (Å²) in [5.41, 5.74) is 1.18. The van der Waals surface area contributed by atoms with Gasteiger partial charge in [-0.15, -0.1) is 6.58 Å². The topological polar surface area (TPSA) is 49.6 Å². The molecule has 0 saturated heterocycles. The predicted molar refractivity (Wildman–Crippen MR) is 86.2 cm³/mol. The van der Waals surface area contributed by atoms with E-state index in [1.54, 1.807) is 6.26 Å². The van der Waals surface area contributed by atoms with Crippen LogP contribution >= 0.6 is 0 Å². The van der Waals surface area contributed by atoms with E-state index in [1.165, 1.54) is 5.56 Å². The van der Waals surface area contributed by atoms with Gasteiger partial charge in [0, 0.05) is 19.5 Å². The summed E-state index contributed by atoms with van der Waals surface area (Å²) < 4.78 is 5.31. The van der Waals surface area contributed by atoms with Gasteiger partial charge in [-0.25, -0.2) is 4.99 Å². The number of benzene rings is 1. The van der Waals surface area contributed by atoms with Gasteiger partial charge in [0.05, 0.1) is 12.8 Å². The summed E-state index contributed by atoms with van der Waals surface area (Å²) >= 11 is 0. The Hall–Kier alpha value is -2.49. The lowest BCUT2D eigenvalue weighted by Crippen LogP contribution is -2.38. The van der Waals surface area contributed by atoms with Crippen LogP contribution in [0.4, 0.5) is 0 Å². The van der Waals surface area contributed by atoms with Crippen molar-refractivity contribution in [3.8, 4) is 0 Å². The monoisotopic (exact) mass is 283 g/mol. The highest BCUT2D eigenvalue weighted by molar-refractivity contribution is 5.79. The molecule has 0 aliphatic rings. The Morgan fingerprint density at radius 1 is 1.14 bits per heavy atom. The minimum Gasteiger partial charge on any atom is -0.469 e. The van der Waals surface area contributed by atoms with Crippen molar-refractivity contribution in [2.45, 2.75) is 13.0 Å². The minimum absolute atomic E-state index is 0.647. The van der Waals surface area contributed by atoms with Crippen molar-refractivity contribution in [1.29, 1.82) is 0 Å². The van der Waals surface area contributed by atoms with Crippen LogP contribution in [0.25, 0.3) is 0 Å². The van der Waals surface area contributed by atoms with E-state index in [0.717, 1.165) is 24.7 Å². The molecule has 4 heteroatoms. The summed E-state index contributed by atoms with van der Waals surface area (Å²) in [7, 11) is 0. The molecule has 21 heavy (non-hydrogen) atoms. The number of nitrogens with one attached hydrogen (secondary N) is 2. The van der Waals surface area contributed by atoms with Crippen LogP contribution in [0.2, 0.25) is 0 Å². The molecular formula is C17H21N3O. The number of hydrogen-bond acceptors (Lipinski definition) is 2. The van der Waals surface area contributed by atoms with Crippen LogP contribution in [0.3, 0.4) is 0 Å². The van der Waals surface area contributed by atoms with Crippen LogP contribution in [0.1, 0.15) is 11.3 Å². The molecule has 0 radical (unpaired) electrons. The fourth-order valence-corrected chi connectivity index (χ4v) is 1.86. The molecule has 1 aromatic carbocycles. The molecule has 0 aliphatic heterocycles. The van der Waals surface area contributed by atoms with Crippen LogP contribution < -0.4 is 10.6 Å². The molecule has 0 spiro atoms. The summed E-state index contributed by atoms with van der Waals surface area (Å²) in [6.45, 7) is 5.81. The lowest BCUT2D eigenvalue weighted by molar-refractivity contribution is 0.507. The molecule has 0 fully saturated rings. The van der Waals surface area contributed by atoms with Gasteiger partial charge in [0.2, 0.25) is 0 Å². The molecule has 2 rings (SSSR count). The van der Waals surface area contributed by atoms with Crippen molar-refractivity contribution in [2.24, 2.45) is 4.99 Å². The molecular weight excluding hydrogens is 262 g/mol. The number of rotatable bonds is 7.